The third-order valence-electron chi connectivity index (χ3n) is 5.87. The van der Waals surface area contributed by atoms with E-state index >= 15 is 0 Å². The maximum absolute atomic E-state index is 13.4. The topological polar surface area (TPSA) is 99.0 Å². The van der Waals surface area contributed by atoms with Gasteiger partial charge < -0.3 is 14.1 Å². The fourth-order valence-electron chi connectivity index (χ4n) is 3.05. The standard InChI is InChI=1S/C22H30N2O6Si/c1-22(2,3)31(5,6)30-15-17-13-16(9-8-12-25)14-23(17)21(26)18-10-7-11-19(29-4)20(18)24(27)28/h7-12,14,17H,13,15H2,1-6H3/b9-8+/t17-/m0/s1. The maximum atomic E-state index is 13.4. The van der Waals surface area contributed by atoms with Crippen LogP contribution in [0.2, 0.25) is 18.1 Å². The predicted octanol–water partition coefficient (Wildman–Crippen LogP) is 4.48. The highest BCUT2D eigenvalue weighted by atomic mass is 28.4. The van der Waals surface area contributed by atoms with Crippen molar-refractivity contribution < 1.29 is 23.7 Å². The molecule has 0 unspecified atom stereocenters. The maximum Gasteiger partial charge on any atom is 0.323 e. The first-order valence-corrected chi connectivity index (χ1v) is 12.9. The molecule has 0 N–H and O–H groups in total. The third kappa shape index (κ3) is 5.48. The van der Waals surface area contributed by atoms with Crippen molar-refractivity contribution in [2.24, 2.45) is 0 Å². The van der Waals surface area contributed by atoms with Gasteiger partial charge in [-0.2, -0.15) is 0 Å². The lowest BCUT2D eigenvalue weighted by atomic mass is 10.1. The number of rotatable bonds is 8. The van der Waals surface area contributed by atoms with Crippen molar-refractivity contribution in [3.8, 4) is 5.75 Å². The van der Waals surface area contributed by atoms with Crippen LogP contribution in [0.1, 0.15) is 37.6 Å². The van der Waals surface area contributed by atoms with Crippen LogP contribution in [0.3, 0.4) is 0 Å². The number of carbonyl (C=O) groups excluding carboxylic acids is 2. The number of allylic oxidation sites excluding steroid dienone is 2. The number of aldehydes is 1. The van der Waals surface area contributed by atoms with Crippen LogP contribution >= 0.6 is 0 Å². The number of nitrogens with zero attached hydrogens (tertiary/aromatic N) is 2. The number of methoxy groups -OCH3 is 1. The van der Waals surface area contributed by atoms with Crippen molar-refractivity contribution in [3.63, 3.8) is 0 Å². The number of nitro groups is 1. The van der Waals surface area contributed by atoms with Crippen LogP contribution in [-0.4, -0.2) is 50.1 Å². The van der Waals surface area contributed by atoms with E-state index in [4.69, 9.17) is 9.16 Å². The van der Waals surface area contributed by atoms with Crippen molar-refractivity contribution >= 4 is 26.2 Å². The van der Waals surface area contributed by atoms with Gasteiger partial charge in [0.25, 0.3) is 5.91 Å². The second-order valence-electron chi connectivity index (χ2n) is 8.95. The molecule has 0 fully saturated rings. The summed E-state index contributed by atoms with van der Waals surface area (Å²) in [7, 11) is -0.747. The van der Waals surface area contributed by atoms with E-state index in [0.717, 1.165) is 5.57 Å². The lowest BCUT2D eigenvalue weighted by molar-refractivity contribution is -0.386. The molecule has 1 aromatic rings. The van der Waals surface area contributed by atoms with Crippen LogP contribution in [0.15, 0.2) is 42.1 Å². The van der Waals surface area contributed by atoms with Gasteiger partial charge in [0.05, 0.1) is 24.7 Å². The number of nitro benzene ring substituents is 1. The van der Waals surface area contributed by atoms with Gasteiger partial charge in [0.15, 0.2) is 14.1 Å². The molecule has 0 aliphatic carbocycles. The van der Waals surface area contributed by atoms with E-state index in [1.165, 1.54) is 30.2 Å². The van der Waals surface area contributed by atoms with E-state index in [1.54, 1.807) is 18.3 Å². The molecule has 1 aromatic carbocycles. The summed E-state index contributed by atoms with van der Waals surface area (Å²) in [6.45, 7) is 10.9. The number of amides is 1. The minimum atomic E-state index is -2.07. The Morgan fingerprint density at radius 2 is 2.03 bits per heavy atom. The van der Waals surface area contributed by atoms with E-state index in [9.17, 15) is 19.7 Å². The molecule has 0 bridgehead atoms. The molecule has 31 heavy (non-hydrogen) atoms. The van der Waals surface area contributed by atoms with Crippen molar-refractivity contribution in [2.75, 3.05) is 13.7 Å². The summed E-state index contributed by atoms with van der Waals surface area (Å²) in [5.74, 6) is -0.488. The molecule has 1 amide bonds. The summed E-state index contributed by atoms with van der Waals surface area (Å²) in [6, 6.07) is 4.08. The normalized spacial score (nSPS) is 17.0. The molecular formula is C22H30N2O6Si. The number of para-hydroxylation sites is 1. The Labute approximate surface area is 183 Å². The van der Waals surface area contributed by atoms with Crippen molar-refractivity contribution in [3.05, 3.63) is 57.8 Å². The molecule has 9 heteroatoms. The Morgan fingerprint density at radius 1 is 1.35 bits per heavy atom. The zero-order valence-electron chi connectivity index (χ0n) is 18.9. The number of hydrogen-bond donors (Lipinski definition) is 0. The van der Waals surface area contributed by atoms with Crippen LogP contribution in [0.4, 0.5) is 5.69 Å². The summed E-state index contributed by atoms with van der Waals surface area (Å²) in [5.41, 5.74) is 0.345. The van der Waals surface area contributed by atoms with E-state index < -0.39 is 19.1 Å². The smallest absolute Gasteiger partial charge is 0.323 e. The van der Waals surface area contributed by atoms with Crippen LogP contribution in [0, 0.1) is 10.1 Å². The summed E-state index contributed by atoms with van der Waals surface area (Å²) < 4.78 is 11.4. The van der Waals surface area contributed by atoms with Crippen LogP contribution in [0.5, 0.6) is 5.75 Å². The molecule has 2 rings (SSSR count). The van der Waals surface area contributed by atoms with E-state index in [2.05, 4.69) is 33.9 Å². The molecule has 0 spiro atoms. The van der Waals surface area contributed by atoms with Gasteiger partial charge in [-0.05, 0) is 48.3 Å². The average Bonchev–Trinajstić information content (AvgIpc) is 3.11. The highest BCUT2D eigenvalue weighted by Gasteiger charge is 2.40. The van der Waals surface area contributed by atoms with E-state index in [1.807, 2.05) is 0 Å². The highest BCUT2D eigenvalue weighted by Crippen LogP contribution is 2.38. The molecule has 0 aromatic heterocycles. The Morgan fingerprint density at radius 3 is 2.58 bits per heavy atom. The quantitative estimate of drug-likeness (QED) is 0.192. The Balaban J connectivity index is 2.40. The molecule has 1 heterocycles. The van der Waals surface area contributed by atoms with Gasteiger partial charge in [0, 0.05) is 6.20 Å². The Hall–Kier alpha value is -2.78. The number of ether oxygens (including phenoxy) is 1. The molecule has 168 valence electrons. The second kappa shape index (κ2) is 9.57. The summed E-state index contributed by atoms with van der Waals surface area (Å²) >= 11 is 0. The molecule has 0 radical (unpaired) electrons. The fourth-order valence-corrected chi connectivity index (χ4v) is 4.09. The van der Waals surface area contributed by atoms with Gasteiger partial charge in [0.2, 0.25) is 0 Å². The van der Waals surface area contributed by atoms with Crippen LogP contribution in [-0.2, 0) is 9.22 Å². The minimum absolute atomic E-state index is 0.000293. The summed E-state index contributed by atoms with van der Waals surface area (Å²) in [4.78, 5) is 36.6. The van der Waals surface area contributed by atoms with Gasteiger partial charge >= 0.3 is 5.69 Å². The molecule has 0 saturated heterocycles. The first-order valence-electron chi connectivity index (χ1n) is 10.0. The lowest BCUT2D eigenvalue weighted by Crippen LogP contribution is -2.45. The minimum Gasteiger partial charge on any atom is -0.490 e. The van der Waals surface area contributed by atoms with Crippen LogP contribution < -0.4 is 4.74 Å². The van der Waals surface area contributed by atoms with Crippen molar-refractivity contribution in [2.45, 2.75) is 51.4 Å². The molecule has 1 atom stereocenters. The molecule has 1 aliphatic heterocycles. The summed E-state index contributed by atoms with van der Waals surface area (Å²) in [6.07, 6.45) is 5.78. The second-order valence-corrected chi connectivity index (χ2v) is 13.8. The SMILES string of the molecule is COc1cccc(C(=O)N2C=C(/C=C/C=O)C[C@H]2CO[Si](C)(C)C(C)(C)C)c1[N+](=O)[O-]. The monoisotopic (exact) mass is 446 g/mol. The van der Waals surface area contributed by atoms with Crippen LogP contribution in [0.25, 0.3) is 0 Å². The highest BCUT2D eigenvalue weighted by molar-refractivity contribution is 6.74. The van der Waals surface area contributed by atoms with Gasteiger partial charge in [-0.25, -0.2) is 0 Å². The number of hydrogen-bond acceptors (Lipinski definition) is 6. The first kappa shape index (κ1) is 24.5. The van der Waals surface area contributed by atoms with Crippen molar-refractivity contribution in [1.82, 2.24) is 4.90 Å². The molecule has 1 aliphatic rings. The van der Waals surface area contributed by atoms with Gasteiger partial charge in [-0.15, -0.1) is 0 Å². The Kier molecular flexibility index (Phi) is 7.56. The third-order valence-corrected chi connectivity index (χ3v) is 10.4. The average molecular weight is 447 g/mol. The molecule has 8 nitrogen and oxygen atoms in total. The summed E-state index contributed by atoms with van der Waals surface area (Å²) in [5, 5.41) is 11.6. The zero-order chi connectivity index (χ0) is 23.4. The predicted molar refractivity (Wildman–Crippen MR) is 121 cm³/mol. The van der Waals surface area contributed by atoms with Gasteiger partial charge in [-0.3, -0.25) is 19.7 Å². The lowest BCUT2D eigenvalue weighted by Gasteiger charge is -2.38. The number of benzene rings is 1. The number of carbonyl (C=O) groups is 2. The zero-order valence-corrected chi connectivity index (χ0v) is 19.9. The van der Waals surface area contributed by atoms with E-state index in [-0.39, 0.29) is 28.1 Å². The van der Waals surface area contributed by atoms with Gasteiger partial charge in [0.1, 0.15) is 11.8 Å². The van der Waals surface area contributed by atoms with Gasteiger partial charge in [-0.1, -0.05) is 32.9 Å². The molecular weight excluding hydrogens is 416 g/mol. The van der Waals surface area contributed by atoms with E-state index in [0.29, 0.717) is 19.3 Å². The molecule has 0 saturated carbocycles. The van der Waals surface area contributed by atoms with Crippen molar-refractivity contribution in [1.29, 1.82) is 0 Å². The largest absolute Gasteiger partial charge is 0.490 e. The Bertz CT molecular complexity index is 917. The first-order chi connectivity index (χ1) is 14.4. The fraction of sp³-hybridized carbons (Fsp3) is 0.455.